The molecule has 12 heavy (non-hydrogen) atoms. The van der Waals surface area contributed by atoms with Crippen LogP contribution >= 0.6 is 12.6 Å². The monoisotopic (exact) mass is 186 g/mol. The minimum Gasteiger partial charge on any atom is -0.463 e. The van der Waals surface area contributed by atoms with Crippen LogP contribution in [0.15, 0.2) is 16.5 Å². The maximum Gasteiger partial charge on any atom is 0.373 e. The molecule has 0 spiro atoms. The molecule has 0 bridgehead atoms. The van der Waals surface area contributed by atoms with Crippen LogP contribution < -0.4 is 0 Å². The molecule has 0 aliphatic carbocycles. The summed E-state index contributed by atoms with van der Waals surface area (Å²) in [6.07, 6.45) is 0. The van der Waals surface area contributed by atoms with Crippen molar-refractivity contribution < 1.29 is 13.9 Å². The van der Waals surface area contributed by atoms with E-state index in [1.807, 2.05) is 6.92 Å². The molecule has 1 aromatic heterocycles. The third-order valence-electron chi connectivity index (χ3n) is 1.43. The number of hydrogen-bond acceptors (Lipinski definition) is 4. The smallest absolute Gasteiger partial charge is 0.373 e. The average Bonchev–Trinajstić information content (AvgIpc) is 2.51. The summed E-state index contributed by atoms with van der Waals surface area (Å²) in [4.78, 5) is 10.9. The number of ether oxygens (including phenoxy) is 1. The second-order valence-corrected chi connectivity index (χ2v) is 3.14. The van der Waals surface area contributed by atoms with Gasteiger partial charge < -0.3 is 9.15 Å². The van der Waals surface area contributed by atoms with Crippen molar-refractivity contribution in [3.05, 3.63) is 23.7 Å². The van der Waals surface area contributed by atoms with Crippen LogP contribution in [0.4, 0.5) is 0 Å². The lowest BCUT2D eigenvalue weighted by molar-refractivity contribution is 0.0563. The number of furan rings is 1. The van der Waals surface area contributed by atoms with Crippen molar-refractivity contribution in [3.8, 4) is 0 Å². The van der Waals surface area contributed by atoms with Gasteiger partial charge in [0, 0.05) is 0 Å². The Bertz CT molecular complexity index is 278. The molecule has 1 atom stereocenters. The quantitative estimate of drug-likeness (QED) is 0.567. The summed E-state index contributed by atoms with van der Waals surface area (Å²) in [5, 5.41) is -0.0107. The topological polar surface area (TPSA) is 39.4 Å². The van der Waals surface area contributed by atoms with Gasteiger partial charge in [-0.3, -0.25) is 0 Å². The molecule has 1 unspecified atom stereocenters. The first kappa shape index (κ1) is 9.19. The maximum atomic E-state index is 10.9. The molecule has 0 saturated carbocycles. The lowest BCUT2D eigenvalue weighted by Gasteiger charge is -1.97. The Kier molecular flexibility index (Phi) is 2.81. The SMILES string of the molecule is COC(=O)c1ccc(C(C)S)o1. The van der Waals surface area contributed by atoms with E-state index in [2.05, 4.69) is 17.4 Å². The Labute approximate surface area is 76.1 Å². The molecule has 0 radical (unpaired) electrons. The molecule has 0 N–H and O–H groups in total. The summed E-state index contributed by atoms with van der Waals surface area (Å²) in [6.45, 7) is 1.86. The second kappa shape index (κ2) is 3.67. The third kappa shape index (κ3) is 1.82. The van der Waals surface area contributed by atoms with Gasteiger partial charge in [-0.2, -0.15) is 12.6 Å². The molecule has 1 heterocycles. The zero-order valence-corrected chi connectivity index (χ0v) is 7.80. The van der Waals surface area contributed by atoms with Gasteiger partial charge in [-0.1, -0.05) is 0 Å². The molecule has 4 heteroatoms. The zero-order valence-electron chi connectivity index (χ0n) is 6.90. The van der Waals surface area contributed by atoms with E-state index in [-0.39, 0.29) is 11.0 Å². The summed E-state index contributed by atoms with van der Waals surface area (Å²) < 4.78 is 9.62. The van der Waals surface area contributed by atoms with Crippen LogP contribution in [0.5, 0.6) is 0 Å². The van der Waals surface area contributed by atoms with E-state index in [1.165, 1.54) is 7.11 Å². The molecule has 0 fully saturated rings. The fourth-order valence-corrected chi connectivity index (χ4v) is 0.926. The summed E-state index contributed by atoms with van der Waals surface area (Å²) in [7, 11) is 1.31. The highest BCUT2D eigenvalue weighted by Crippen LogP contribution is 2.21. The van der Waals surface area contributed by atoms with Crippen molar-refractivity contribution in [1.82, 2.24) is 0 Å². The normalized spacial score (nSPS) is 12.6. The van der Waals surface area contributed by atoms with Crippen molar-refractivity contribution in [2.24, 2.45) is 0 Å². The molecule has 0 aliphatic rings. The molecule has 66 valence electrons. The van der Waals surface area contributed by atoms with Crippen LogP contribution in [0, 0.1) is 0 Å². The second-order valence-electron chi connectivity index (χ2n) is 2.37. The predicted octanol–water partition coefficient (Wildman–Crippen LogP) is 2.06. The number of esters is 1. The minimum atomic E-state index is -0.463. The maximum absolute atomic E-state index is 10.9. The number of thiol groups is 1. The van der Waals surface area contributed by atoms with Gasteiger partial charge in [0.05, 0.1) is 12.4 Å². The Balaban J connectivity index is 2.84. The Hall–Kier alpha value is -0.900. The largest absolute Gasteiger partial charge is 0.463 e. The number of rotatable bonds is 2. The van der Waals surface area contributed by atoms with Crippen LogP contribution in [-0.4, -0.2) is 13.1 Å². The van der Waals surface area contributed by atoms with Crippen molar-refractivity contribution in [1.29, 1.82) is 0 Å². The van der Waals surface area contributed by atoms with Crippen LogP contribution in [0.3, 0.4) is 0 Å². The van der Waals surface area contributed by atoms with Gasteiger partial charge in [-0.25, -0.2) is 4.79 Å². The van der Waals surface area contributed by atoms with E-state index in [1.54, 1.807) is 12.1 Å². The van der Waals surface area contributed by atoms with E-state index >= 15 is 0 Å². The molecular weight excluding hydrogens is 176 g/mol. The number of hydrogen-bond donors (Lipinski definition) is 1. The molecule has 1 rings (SSSR count). The number of carbonyl (C=O) groups excluding carboxylic acids is 1. The van der Waals surface area contributed by atoms with Gasteiger partial charge in [0.25, 0.3) is 0 Å². The zero-order chi connectivity index (χ0) is 9.14. The molecular formula is C8H10O3S. The summed E-state index contributed by atoms with van der Waals surface area (Å²) in [6, 6.07) is 3.29. The van der Waals surface area contributed by atoms with Crippen molar-refractivity contribution in [3.63, 3.8) is 0 Å². The van der Waals surface area contributed by atoms with Gasteiger partial charge >= 0.3 is 5.97 Å². The molecule has 1 aromatic rings. The van der Waals surface area contributed by atoms with Crippen LogP contribution in [0.1, 0.15) is 28.5 Å². The van der Waals surface area contributed by atoms with E-state index < -0.39 is 5.97 Å². The molecule has 0 aliphatic heterocycles. The van der Waals surface area contributed by atoms with Gasteiger partial charge in [0.15, 0.2) is 0 Å². The first-order valence-electron chi connectivity index (χ1n) is 3.51. The Morgan fingerprint density at radius 2 is 2.33 bits per heavy atom. The third-order valence-corrected chi connectivity index (χ3v) is 1.68. The minimum absolute atomic E-state index is 0.0107. The Morgan fingerprint density at radius 1 is 1.67 bits per heavy atom. The van der Waals surface area contributed by atoms with Crippen LogP contribution in [0.25, 0.3) is 0 Å². The Morgan fingerprint density at radius 3 is 2.75 bits per heavy atom. The number of methoxy groups -OCH3 is 1. The van der Waals surface area contributed by atoms with E-state index in [4.69, 9.17) is 4.42 Å². The van der Waals surface area contributed by atoms with Gasteiger partial charge in [0.1, 0.15) is 5.76 Å². The number of carbonyl (C=O) groups is 1. The molecule has 3 nitrogen and oxygen atoms in total. The molecule has 0 aromatic carbocycles. The van der Waals surface area contributed by atoms with Crippen LogP contribution in [0.2, 0.25) is 0 Å². The fourth-order valence-electron chi connectivity index (χ4n) is 0.788. The summed E-state index contributed by atoms with van der Waals surface area (Å²) >= 11 is 4.15. The standard InChI is InChI=1S/C8H10O3S/c1-5(12)6-3-4-7(11-6)8(9)10-2/h3-5,12H,1-2H3. The fraction of sp³-hybridized carbons (Fsp3) is 0.375. The predicted molar refractivity (Wildman–Crippen MR) is 47.4 cm³/mol. The highest BCUT2D eigenvalue weighted by Gasteiger charge is 2.12. The van der Waals surface area contributed by atoms with Crippen LogP contribution in [-0.2, 0) is 4.74 Å². The van der Waals surface area contributed by atoms with Gasteiger partial charge in [-0.15, -0.1) is 0 Å². The highest BCUT2D eigenvalue weighted by atomic mass is 32.1. The summed E-state index contributed by atoms with van der Waals surface area (Å²) in [5.74, 6) is 0.419. The van der Waals surface area contributed by atoms with E-state index in [0.717, 1.165) is 0 Å². The highest BCUT2D eigenvalue weighted by molar-refractivity contribution is 7.80. The average molecular weight is 186 g/mol. The van der Waals surface area contributed by atoms with Crippen molar-refractivity contribution >= 4 is 18.6 Å². The first-order valence-corrected chi connectivity index (χ1v) is 4.03. The van der Waals surface area contributed by atoms with Crippen molar-refractivity contribution in [2.45, 2.75) is 12.2 Å². The molecule has 0 amide bonds. The van der Waals surface area contributed by atoms with Crippen molar-refractivity contribution in [2.75, 3.05) is 7.11 Å². The molecule has 0 saturated heterocycles. The van der Waals surface area contributed by atoms with E-state index in [9.17, 15) is 4.79 Å². The van der Waals surface area contributed by atoms with Gasteiger partial charge in [-0.05, 0) is 19.1 Å². The van der Waals surface area contributed by atoms with Gasteiger partial charge in [0.2, 0.25) is 5.76 Å². The lowest BCUT2D eigenvalue weighted by Crippen LogP contribution is -1.98. The van der Waals surface area contributed by atoms with E-state index in [0.29, 0.717) is 5.76 Å². The lowest BCUT2D eigenvalue weighted by atomic mass is 10.3. The summed E-state index contributed by atoms with van der Waals surface area (Å²) in [5.41, 5.74) is 0. The first-order chi connectivity index (χ1) is 5.65.